The number of fused-ring (bicyclic) bond motifs is 3. The molecule has 1 aliphatic heterocycles. The lowest BCUT2D eigenvalue weighted by Gasteiger charge is -2.34. The number of aryl methyl sites for hydroxylation is 3. The van der Waals surface area contributed by atoms with Crippen molar-refractivity contribution in [2.75, 3.05) is 27.2 Å². The predicted octanol–water partition coefficient (Wildman–Crippen LogP) is 3.84. The number of nitriles is 1. The van der Waals surface area contributed by atoms with Crippen LogP contribution in [0.1, 0.15) is 69.2 Å². The summed E-state index contributed by atoms with van der Waals surface area (Å²) in [7, 11) is 3.52. The summed E-state index contributed by atoms with van der Waals surface area (Å²) >= 11 is 0. The fourth-order valence-corrected chi connectivity index (χ4v) is 7.17. The van der Waals surface area contributed by atoms with E-state index in [0.29, 0.717) is 48.8 Å². The van der Waals surface area contributed by atoms with E-state index in [1.165, 1.54) is 5.56 Å². The number of hydrogen-bond acceptors (Lipinski definition) is 8. The molecule has 3 aromatic rings. The van der Waals surface area contributed by atoms with Crippen LogP contribution in [-0.2, 0) is 18.3 Å². The summed E-state index contributed by atoms with van der Waals surface area (Å²) in [5, 5.41) is 28.1. The molecule has 2 aromatic carbocycles. The van der Waals surface area contributed by atoms with E-state index in [9.17, 15) is 10.1 Å². The van der Waals surface area contributed by atoms with Gasteiger partial charge in [-0.05, 0) is 90.6 Å². The summed E-state index contributed by atoms with van der Waals surface area (Å²) in [5.74, 6) is 1.55. The minimum atomic E-state index is -0.748. The number of nitrogens with zero attached hydrogens (tertiary/aromatic N) is 4. The largest absolute Gasteiger partial charge is 0.424 e. The molecule has 9 heteroatoms. The first-order chi connectivity index (χ1) is 20.8. The van der Waals surface area contributed by atoms with E-state index in [1.54, 1.807) is 7.05 Å². The SMILES string of the molecule is C=C(NC)c1ccc2c(c1)CCc1cc(C(=O)NC)ccc1C2(CCNCC(=C)N1C(C#N)C[C@@H]2CC21)c1nnc(C)o1. The quantitative estimate of drug-likeness (QED) is 0.311. The Hall–Kier alpha value is -4.42. The smallest absolute Gasteiger partial charge is 0.251 e. The number of nitrogens with one attached hydrogen (secondary N) is 3. The van der Waals surface area contributed by atoms with Gasteiger partial charge in [-0.2, -0.15) is 5.26 Å². The van der Waals surface area contributed by atoms with Crippen molar-refractivity contribution in [3.63, 3.8) is 0 Å². The van der Waals surface area contributed by atoms with Crippen molar-refractivity contribution in [2.45, 2.75) is 56.5 Å². The van der Waals surface area contributed by atoms with Gasteiger partial charge in [-0.25, -0.2) is 0 Å². The van der Waals surface area contributed by atoms with Crippen molar-refractivity contribution >= 4 is 11.6 Å². The molecule has 3 N–H and O–H groups in total. The maximum atomic E-state index is 12.6. The Morgan fingerprint density at radius 1 is 1.07 bits per heavy atom. The molecule has 9 nitrogen and oxygen atoms in total. The van der Waals surface area contributed by atoms with Crippen LogP contribution >= 0.6 is 0 Å². The second-order valence-electron chi connectivity index (χ2n) is 11.9. The molecule has 1 saturated heterocycles. The summed E-state index contributed by atoms with van der Waals surface area (Å²) in [6.45, 7) is 11.6. The average Bonchev–Trinajstić information content (AvgIpc) is 3.52. The predicted molar refractivity (Wildman–Crippen MR) is 165 cm³/mol. The molecule has 2 fully saturated rings. The van der Waals surface area contributed by atoms with Crippen molar-refractivity contribution < 1.29 is 9.21 Å². The molecular formula is C34H39N7O2. The van der Waals surface area contributed by atoms with E-state index in [0.717, 1.165) is 59.3 Å². The van der Waals surface area contributed by atoms with Gasteiger partial charge in [0, 0.05) is 50.6 Å². The van der Waals surface area contributed by atoms with E-state index >= 15 is 0 Å². The Labute approximate surface area is 253 Å². The third-order valence-electron chi connectivity index (χ3n) is 9.45. The Bertz CT molecular complexity index is 1570. The number of amides is 1. The van der Waals surface area contributed by atoms with Crippen molar-refractivity contribution in [1.82, 2.24) is 31.0 Å². The van der Waals surface area contributed by atoms with Gasteiger partial charge in [-0.15, -0.1) is 10.2 Å². The Balaban J connectivity index is 1.40. The highest BCUT2D eigenvalue weighted by atomic mass is 16.4. The van der Waals surface area contributed by atoms with Crippen LogP contribution in [0.3, 0.4) is 0 Å². The minimum Gasteiger partial charge on any atom is -0.424 e. The molecule has 3 unspecified atom stereocenters. The van der Waals surface area contributed by atoms with E-state index in [2.05, 4.69) is 74.5 Å². The molecule has 6 rings (SSSR count). The van der Waals surface area contributed by atoms with Crippen LogP contribution in [0.5, 0.6) is 0 Å². The van der Waals surface area contributed by atoms with Crippen LogP contribution in [0, 0.1) is 24.2 Å². The highest BCUT2D eigenvalue weighted by Crippen LogP contribution is 2.49. The zero-order valence-corrected chi connectivity index (χ0v) is 25.2. The zero-order chi connectivity index (χ0) is 30.3. The fourth-order valence-electron chi connectivity index (χ4n) is 7.17. The first-order valence-corrected chi connectivity index (χ1v) is 15.0. The maximum absolute atomic E-state index is 12.6. The number of benzene rings is 2. The van der Waals surface area contributed by atoms with Gasteiger partial charge in [0.25, 0.3) is 5.91 Å². The topological polar surface area (TPSA) is 119 Å². The van der Waals surface area contributed by atoms with E-state index in [4.69, 9.17) is 4.42 Å². The average molecular weight is 578 g/mol. The molecule has 222 valence electrons. The van der Waals surface area contributed by atoms with E-state index in [-0.39, 0.29) is 11.9 Å². The molecule has 43 heavy (non-hydrogen) atoms. The first kappa shape index (κ1) is 28.7. The van der Waals surface area contributed by atoms with Crippen LogP contribution in [0.15, 0.2) is 59.7 Å². The summed E-state index contributed by atoms with van der Waals surface area (Å²) in [6.07, 6.45) is 4.28. The second-order valence-corrected chi connectivity index (χ2v) is 11.9. The molecule has 1 aromatic heterocycles. The number of hydrogen-bond donors (Lipinski definition) is 3. The van der Waals surface area contributed by atoms with Gasteiger partial charge in [0.15, 0.2) is 0 Å². The van der Waals surface area contributed by atoms with Gasteiger partial charge in [0.05, 0.1) is 6.07 Å². The number of carbonyl (C=O) groups is 1. The molecule has 1 amide bonds. The van der Waals surface area contributed by atoms with Gasteiger partial charge >= 0.3 is 0 Å². The van der Waals surface area contributed by atoms with Crippen molar-refractivity contribution in [2.24, 2.45) is 5.92 Å². The van der Waals surface area contributed by atoms with Gasteiger partial charge in [-0.3, -0.25) is 4.79 Å². The summed E-state index contributed by atoms with van der Waals surface area (Å²) in [4.78, 5) is 14.9. The molecule has 2 heterocycles. The van der Waals surface area contributed by atoms with Gasteiger partial charge in [-0.1, -0.05) is 31.4 Å². The summed E-state index contributed by atoms with van der Waals surface area (Å²) < 4.78 is 6.28. The van der Waals surface area contributed by atoms with Crippen LogP contribution in [0.4, 0.5) is 0 Å². The molecular weight excluding hydrogens is 538 g/mol. The highest BCUT2D eigenvalue weighted by molar-refractivity contribution is 5.94. The number of rotatable bonds is 10. The third kappa shape index (κ3) is 5.00. The number of carbonyl (C=O) groups excluding carboxylic acids is 1. The summed E-state index contributed by atoms with van der Waals surface area (Å²) in [5.41, 5.74) is 7.15. The lowest BCUT2D eigenvalue weighted by atomic mass is 9.69. The molecule has 2 aliphatic carbocycles. The van der Waals surface area contributed by atoms with E-state index < -0.39 is 5.41 Å². The van der Waals surface area contributed by atoms with Gasteiger partial charge in [0.1, 0.15) is 11.5 Å². The molecule has 4 atom stereocenters. The second kappa shape index (κ2) is 11.3. The first-order valence-electron chi connectivity index (χ1n) is 15.0. The summed E-state index contributed by atoms with van der Waals surface area (Å²) in [6, 6.07) is 15.3. The van der Waals surface area contributed by atoms with Crippen LogP contribution in [-0.4, -0.2) is 60.3 Å². The number of likely N-dealkylation sites (tertiary alicyclic amines) is 1. The highest BCUT2D eigenvalue weighted by Gasteiger charge is 2.52. The molecule has 0 bridgehead atoms. The Morgan fingerprint density at radius 3 is 2.40 bits per heavy atom. The third-order valence-corrected chi connectivity index (χ3v) is 9.45. The normalized spacial score (nSPS) is 23.3. The number of piperidine rings is 1. The van der Waals surface area contributed by atoms with Gasteiger partial charge < -0.3 is 25.3 Å². The lowest BCUT2D eigenvalue weighted by Crippen LogP contribution is -2.38. The standard InChI is InChI=1S/C34H39N7O2/c1-20(41-28(18-35)16-27-17-31(27)41)19-38-13-12-34(33-40-39-22(3)43-33)29-10-8-23(21(2)36-4)14-24(29)6-7-25-15-26(32(42)37-5)9-11-30(25)34/h8-11,14-15,27-28,31,36,38H,1-2,6-7,12-13,16-17,19H2,3-5H3,(H,37,42)/t27-,28?,31?,34?/m1/s1. The van der Waals surface area contributed by atoms with Crippen LogP contribution in [0.2, 0.25) is 0 Å². The van der Waals surface area contributed by atoms with E-state index in [1.807, 2.05) is 26.1 Å². The molecule has 1 saturated carbocycles. The zero-order valence-electron chi connectivity index (χ0n) is 25.2. The number of aromatic nitrogens is 2. The van der Waals surface area contributed by atoms with Crippen LogP contribution < -0.4 is 16.0 Å². The fraction of sp³-hybridized carbons (Fsp3) is 0.412. The molecule has 3 aliphatic rings. The van der Waals surface area contributed by atoms with Crippen molar-refractivity contribution in [3.8, 4) is 6.07 Å². The van der Waals surface area contributed by atoms with Crippen molar-refractivity contribution in [1.29, 1.82) is 5.26 Å². The minimum absolute atomic E-state index is 0.0811. The molecule has 0 radical (unpaired) electrons. The lowest BCUT2D eigenvalue weighted by molar-refractivity contribution is 0.0963. The maximum Gasteiger partial charge on any atom is 0.251 e. The Morgan fingerprint density at radius 2 is 1.77 bits per heavy atom. The van der Waals surface area contributed by atoms with Crippen LogP contribution in [0.25, 0.3) is 5.70 Å². The Kier molecular flexibility index (Phi) is 7.57. The van der Waals surface area contributed by atoms with Gasteiger partial charge in [0.2, 0.25) is 11.8 Å². The van der Waals surface area contributed by atoms with Crippen molar-refractivity contribution in [3.05, 3.63) is 100 Å². The monoisotopic (exact) mass is 577 g/mol. The molecule has 0 spiro atoms.